The lowest BCUT2D eigenvalue weighted by Gasteiger charge is -2.30. The Labute approximate surface area is 123 Å². The minimum absolute atomic E-state index is 0.202. The fourth-order valence-electron chi connectivity index (χ4n) is 2.95. The predicted octanol–water partition coefficient (Wildman–Crippen LogP) is 1.36. The van der Waals surface area contributed by atoms with Crippen LogP contribution in [0.1, 0.15) is 11.1 Å². The summed E-state index contributed by atoms with van der Waals surface area (Å²) in [5.41, 5.74) is 10.5. The summed E-state index contributed by atoms with van der Waals surface area (Å²) in [4.78, 5) is 20.0. The van der Waals surface area contributed by atoms with Gasteiger partial charge in [0.2, 0.25) is 0 Å². The van der Waals surface area contributed by atoms with Gasteiger partial charge >= 0.3 is 5.97 Å². The van der Waals surface area contributed by atoms with Crippen LogP contribution in [0.25, 0.3) is 11.1 Å². The molecule has 0 bridgehead atoms. The summed E-state index contributed by atoms with van der Waals surface area (Å²) in [5.74, 6) is -0.541. The molecule has 0 saturated carbocycles. The van der Waals surface area contributed by atoms with Gasteiger partial charge in [-0.25, -0.2) is 9.97 Å². The van der Waals surface area contributed by atoms with Crippen molar-refractivity contribution in [3.8, 4) is 11.1 Å². The summed E-state index contributed by atoms with van der Waals surface area (Å²) in [6.45, 7) is 0. The second-order valence-electron chi connectivity index (χ2n) is 5.27. The van der Waals surface area contributed by atoms with Crippen LogP contribution < -0.4 is 5.73 Å². The van der Waals surface area contributed by atoms with Gasteiger partial charge in [-0.05, 0) is 29.5 Å². The first kappa shape index (κ1) is 13.7. The van der Waals surface area contributed by atoms with E-state index in [-0.39, 0.29) is 17.9 Å². The zero-order chi connectivity index (χ0) is 14.8. The molecule has 3 rings (SSSR count). The van der Waals surface area contributed by atoms with Gasteiger partial charge in [0.1, 0.15) is 6.33 Å². The number of carbonyl (C=O) groups is 1. The van der Waals surface area contributed by atoms with E-state index >= 15 is 0 Å². The summed E-state index contributed by atoms with van der Waals surface area (Å²) in [5, 5.41) is 0. The molecule has 2 aromatic rings. The van der Waals surface area contributed by atoms with E-state index < -0.39 is 0 Å². The number of aromatic nitrogens is 2. The average molecular weight is 283 g/mol. The predicted molar refractivity (Wildman–Crippen MR) is 78.4 cm³/mol. The minimum Gasteiger partial charge on any atom is -0.469 e. The van der Waals surface area contributed by atoms with Crippen LogP contribution in [0, 0.1) is 5.92 Å². The Morgan fingerprint density at radius 1 is 1.29 bits per heavy atom. The molecule has 2 unspecified atom stereocenters. The first-order valence-electron chi connectivity index (χ1n) is 6.90. The lowest BCUT2D eigenvalue weighted by molar-refractivity contribution is -0.146. The fraction of sp³-hybridized carbons (Fsp3) is 0.312. The Balaban J connectivity index is 2.04. The first-order valence-corrected chi connectivity index (χ1v) is 6.90. The number of benzene rings is 1. The largest absolute Gasteiger partial charge is 0.469 e. The Bertz CT molecular complexity index is 658. The number of methoxy groups -OCH3 is 1. The van der Waals surface area contributed by atoms with E-state index in [1.807, 2.05) is 12.1 Å². The third-order valence-electron chi connectivity index (χ3n) is 4.05. The maximum Gasteiger partial charge on any atom is 0.310 e. The highest BCUT2D eigenvalue weighted by Crippen LogP contribution is 2.33. The molecule has 2 atom stereocenters. The maximum atomic E-state index is 11.9. The number of nitrogens with two attached hydrogens (primary N) is 1. The highest BCUT2D eigenvalue weighted by molar-refractivity contribution is 5.76. The second kappa shape index (κ2) is 5.61. The number of esters is 1. The number of carbonyl (C=O) groups excluding carboxylic acids is 1. The zero-order valence-corrected chi connectivity index (χ0v) is 11.8. The molecule has 1 aliphatic carbocycles. The van der Waals surface area contributed by atoms with E-state index in [0.29, 0.717) is 12.8 Å². The molecule has 0 fully saturated rings. The van der Waals surface area contributed by atoms with Crippen LogP contribution in [0.2, 0.25) is 0 Å². The molecule has 0 radical (unpaired) electrons. The van der Waals surface area contributed by atoms with Crippen molar-refractivity contribution in [2.45, 2.75) is 18.9 Å². The minimum atomic E-state index is -0.298. The molecule has 1 heterocycles. The van der Waals surface area contributed by atoms with Crippen LogP contribution in [0.5, 0.6) is 0 Å². The van der Waals surface area contributed by atoms with Gasteiger partial charge in [-0.15, -0.1) is 0 Å². The van der Waals surface area contributed by atoms with E-state index in [4.69, 9.17) is 10.5 Å². The van der Waals surface area contributed by atoms with Crippen molar-refractivity contribution in [3.63, 3.8) is 0 Å². The van der Waals surface area contributed by atoms with Crippen molar-refractivity contribution < 1.29 is 9.53 Å². The van der Waals surface area contributed by atoms with Crippen LogP contribution in [0.15, 0.2) is 36.9 Å². The van der Waals surface area contributed by atoms with Gasteiger partial charge in [-0.2, -0.15) is 0 Å². The first-order chi connectivity index (χ1) is 10.2. The van der Waals surface area contributed by atoms with E-state index in [0.717, 1.165) is 16.7 Å². The van der Waals surface area contributed by atoms with Crippen LogP contribution in [-0.2, 0) is 22.4 Å². The summed E-state index contributed by atoms with van der Waals surface area (Å²) in [6.07, 6.45) is 6.34. The quantitative estimate of drug-likeness (QED) is 0.842. The lowest BCUT2D eigenvalue weighted by atomic mass is 9.78. The molecule has 5 nitrogen and oxygen atoms in total. The van der Waals surface area contributed by atoms with Gasteiger partial charge in [0.15, 0.2) is 0 Å². The molecule has 0 saturated heterocycles. The lowest BCUT2D eigenvalue weighted by Crippen LogP contribution is -2.42. The van der Waals surface area contributed by atoms with Gasteiger partial charge < -0.3 is 10.5 Å². The molecule has 2 N–H and O–H groups in total. The summed E-state index contributed by atoms with van der Waals surface area (Å²) in [7, 11) is 1.40. The van der Waals surface area contributed by atoms with Gasteiger partial charge in [-0.1, -0.05) is 18.2 Å². The molecule has 108 valence electrons. The Hall–Kier alpha value is -2.27. The van der Waals surface area contributed by atoms with Crippen LogP contribution in [0.3, 0.4) is 0 Å². The topological polar surface area (TPSA) is 78.1 Å². The molecular weight excluding hydrogens is 266 g/mol. The van der Waals surface area contributed by atoms with E-state index in [1.165, 1.54) is 19.0 Å². The van der Waals surface area contributed by atoms with Crippen molar-refractivity contribution in [1.82, 2.24) is 9.97 Å². The summed E-state index contributed by atoms with van der Waals surface area (Å²) < 4.78 is 4.88. The summed E-state index contributed by atoms with van der Waals surface area (Å²) in [6, 6.07) is 5.90. The molecule has 0 spiro atoms. The van der Waals surface area contributed by atoms with E-state index in [9.17, 15) is 4.79 Å². The number of hydrogen-bond acceptors (Lipinski definition) is 5. The highest BCUT2D eigenvalue weighted by Gasteiger charge is 2.33. The zero-order valence-electron chi connectivity index (χ0n) is 11.8. The monoisotopic (exact) mass is 283 g/mol. The Morgan fingerprint density at radius 2 is 2.05 bits per heavy atom. The van der Waals surface area contributed by atoms with Crippen molar-refractivity contribution in [2.24, 2.45) is 11.7 Å². The van der Waals surface area contributed by atoms with Gasteiger partial charge in [-0.3, -0.25) is 4.79 Å². The van der Waals surface area contributed by atoms with Crippen molar-refractivity contribution in [2.75, 3.05) is 7.11 Å². The van der Waals surface area contributed by atoms with E-state index in [1.54, 1.807) is 12.4 Å². The molecule has 1 aromatic heterocycles. The van der Waals surface area contributed by atoms with Gasteiger partial charge in [0.05, 0.1) is 13.0 Å². The number of rotatable bonds is 2. The second-order valence-corrected chi connectivity index (χ2v) is 5.27. The third-order valence-corrected chi connectivity index (χ3v) is 4.05. The molecular formula is C16H17N3O2. The Kier molecular flexibility index (Phi) is 3.66. The SMILES string of the molecule is COC(=O)C1Cc2c(cccc2-c2cncnc2)CC1N. The maximum absolute atomic E-state index is 11.9. The third kappa shape index (κ3) is 2.52. The highest BCUT2D eigenvalue weighted by atomic mass is 16.5. The average Bonchev–Trinajstić information content (AvgIpc) is 2.53. The van der Waals surface area contributed by atoms with Gasteiger partial charge in [0.25, 0.3) is 0 Å². The van der Waals surface area contributed by atoms with Gasteiger partial charge in [0, 0.05) is 24.0 Å². The molecule has 0 aliphatic heterocycles. The smallest absolute Gasteiger partial charge is 0.310 e. The molecule has 1 aliphatic rings. The van der Waals surface area contributed by atoms with Crippen molar-refractivity contribution in [1.29, 1.82) is 0 Å². The Morgan fingerprint density at radius 3 is 2.76 bits per heavy atom. The van der Waals surface area contributed by atoms with Crippen molar-refractivity contribution in [3.05, 3.63) is 48.0 Å². The van der Waals surface area contributed by atoms with E-state index in [2.05, 4.69) is 16.0 Å². The fourth-order valence-corrected chi connectivity index (χ4v) is 2.95. The number of hydrogen-bond donors (Lipinski definition) is 1. The number of fused-ring (bicyclic) bond motifs is 1. The normalized spacial score (nSPS) is 20.7. The molecule has 1 aromatic carbocycles. The standard InChI is InChI=1S/C16H17N3O2/c1-21-16(20)14-6-13-10(5-15(14)17)3-2-4-12(13)11-7-18-9-19-8-11/h2-4,7-9,14-15H,5-6,17H2,1H3. The van der Waals surface area contributed by atoms with Crippen molar-refractivity contribution >= 4 is 5.97 Å². The van der Waals surface area contributed by atoms with Crippen LogP contribution >= 0.6 is 0 Å². The molecule has 5 heteroatoms. The van der Waals surface area contributed by atoms with Crippen LogP contribution in [0.4, 0.5) is 0 Å². The summed E-state index contributed by atoms with van der Waals surface area (Å²) >= 11 is 0. The number of ether oxygens (including phenoxy) is 1. The van der Waals surface area contributed by atoms with Crippen LogP contribution in [-0.4, -0.2) is 29.1 Å². The molecule has 21 heavy (non-hydrogen) atoms. The number of nitrogens with zero attached hydrogens (tertiary/aromatic N) is 2. The molecule has 0 amide bonds.